The summed E-state index contributed by atoms with van der Waals surface area (Å²) >= 11 is 0. The number of ether oxygens (including phenoxy) is 2. The topological polar surface area (TPSA) is 43.6 Å². The summed E-state index contributed by atoms with van der Waals surface area (Å²) in [4.78, 5) is 0. The molecule has 0 amide bonds. The second kappa shape index (κ2) is 8.37. The van der Waals surface area contributed by atoms with Crippen molar-refractivity contribution in [2.75, 3.05) is 13.2 Å². The molecule has 114 valence electrons. The van der Waals surface area contributed by atoms with Gasteiger partial charge in [-0.3, -0.25) is 0 Å². The van der Waals surface area contributed by atoms with Gasteiger partial charge < -0.3 is 19.2 Å². The normalized spacial score (nSPS) is 10.6. The maximum Gasteiger partial charge on any atom is 0.146 e. The summed E-state index contributed by atoms with van der Waals surface area (Å²) < 4.78 is 16.9. The van der Waals surface area contributed by atoms with Crippen molar-refractivity contribution in [2.45, 2.75) is 33.4 Å². The molecule has 2 rings (SSSR count). The first kappa shape index (κ1) is 15.4. The summed E-state index contributed by atoms with van der Waals surface area (Å²) in [5.41, 5.74) is 0. The van der Waals surface area contributed by atoms with E-state index in [0.717, 1.165) is 42.5 Å². The molecule has 4 heteroatoms. The zero-order valence-electron chi connectivity index (χ0n) is 12.7. The molecule has 0 radical (unpaired) electrons. The molecule has 0 bridgehead atoms. The van der Waals surface area contributed by atoms with Gasteiger partial charge in [0.2, 0.25) is 0 Å². The van der Waals surface area contributed by atoms with E-state index < -0.39 is 0 Å². The molecule has 1 N–H and O–H groups in total. The number of furan rings is 1. The van der Waals surface area contributed by atoms with Crippen molar-refractivity contribution in [1.29, 1.82) is 0 Å². The fraction of sp³-hybridized carbons (Fsp3) is 0.412. The highest BCUT2D eigenvalue weighted by Gasteiger charge is 2.03. The van der Waals surface area contributed by atoms with Crippen LogP contribution in [0.5, 0.6) is 11.5 Å². The van der Waals surface area contributed by atoms with Crippen LogP contribution in [0.3, 0.4) is 0 Å². The van der Waals surface area contributed by atoms with Gasteiger partial charge in [0.05, 0.1) is 13.2 Å². The van der Waals surface area contributed by atoms with Crippen LogP contribution in [-0.4, -0.2) is 13.2 Å². The van der Waals surface area contributed by atoms with E-state index in [1.54, 1.807) is 0 Å². The van der Waals surface area contributed by atoms with Crippen LogP contribution in [0.1, 0.15) is 31.8 Å². The third-order valence-corrected chi connectivity index (χ3v) is 2.94. The van der Waals surface area contributed by atoms with Crippen molar-refractivity contribution in [3.8, 4) is 11.5 Å². The molecule has 4 nitrogen and oxygen atoms in total. The van der Waals surface area contributed by atoms with E-state index in [-0.39, 0.29) is 0 Å². The van der Waals surface area contributed by atoms with Crippen molar-refractivity contribution >= 4 is 0 Å². The predicted octanol–water partition coefficient (Wildman–Crippen LogP) is 3.76. The van der Waals surface area contributed by atoms with Crippen LogP contribution >= 0.6 is 0 Å². The predicted molar refractivity (Wildman–Crippen MR) is 82.6 cm³/mol. The summed E-state index contributed by atoms with van der Waals surface area (Å²) in [5, 5.41) is 3.31. The van der Waals surface area contributed by atoms with Crippen molar-refractivity contribution < 1.29 is 13.9 Å². The van der Waals surface area contributed by atoms with Gasteiger partial charge in [-0.05, 0) is 44.2 Å². The second-order valence-corrected chi connectivity index (χ2v) is 4.74. The number of nitrogens with one attached hydrogen (secondary N) is 1. The fourth-order valence-corrected chi connectivity index (χ4v) is 1.96. The van der Waals surface area contributed by atoms with Crippen LogP contribution in [0, 0.1) is 0 Å². The lowest BCUT2D eigenvalue weighted by Crippen LogP contribution is -2.13. The lowest BCUT2D eigenvalue weighted by molar-refractivity contribution is 0.262. The lowest BCUT2D eigenvalue weighted by Gasteiger charge is -2.07. The first-order valence-corrected chi connectivity index (χ1v) is 7.45. The third-order valence-electron chi connectivity index (χ3n) is 2.94. The first-order chi connectivity index (χ1) is 10.3. The Morgan fingerprint density at radius 2 is 1.76 bits per heavy atom. The Kier molecular flexibility index (Phi) is 6.16. The molecule has 0 saturated carbocycles. The van der Waals surface area contributed by atoms with E-state index in [9.17, 15) is 0 Å². The molecular weight excluding hydrogens is 266 g/mol. The highest BCUT2D eigenvalue weighted by Crippen LogP contribution is 2.20. The molecule has 0 aliphatic rings. The smallest absolute Gasteiger partial charge is 0.146 e. The third kappa shape index (κ3) is 5.16. The van der Waals surface area contributed by atoms with Gasteiger partial charge in [0.15, 0.2) is 0 Å². The maximum absolute atomic E-state index is 5.72. The van der Waals surface area contributed by atoms with Crippen molar-refractivity contribution in [3.05, 3.63) is 47.9 Å². The van der Waals surface area contributed by atoms with Gasteiger partial charge in [0, 0.05) is 6.07 Å². The van der Waals surface area contributed by atoms with Gasteiger partial charge in [-0.25, -0.2) is 0 Å². The molecule has 0 aliphatic heterocycles. The number of rotatable bonds is 9. The minimum absolute atomic E-state index is 0.420. The average Bonchev–Trinajstić information content (AvgIpc) is 2.94. The van der Waals surface area contributed by atoms with Crippen molar-refractivity contribution in [1.82, 2.24) is 5.32 Å². The van der Waals surface area contributed by atoms with Gasteiger partial charge in [-0.1, -0.05) is 13.0 Å². The van der Waals surface area contributed by atoms with Gasteiger partial charge >= 0.3 is 0 Å². The zero-order chi connectivity index (χ0) is 14.9. The molecule has 0 spiro atoms. The Bertz CT molecular complexity index is 536. The number of hydrogen-bond acceptors (Lipinski definition) is 4. The van der Waals surface area contributed by atoms with Crippen LogP contribution in [0.15, 0.2) is 40.8 Å². The van der Waals surface area contributed by atoms with Gasteiger partial charge in [0.1, 0.15) is 29.6 Å². The van der Waals surface area contributed by atoms with Gasteiger partial charge in [-0.2, -0.15) is 0 Å². The van der Waals surface area contributed by atoms with E-state index in [2.05, 4.69) is 12.2 Å². The molecule has 21 heavy (non-hydrogen) atoms. The molecule has 2 aromatic rings. The highest BCUT2D eigenvalue weighted by atomic mass is 16.5. The van der Waals surface area contributed by atoms with E-state index in [1.807, 2.05) is 43.3 Å². The van der Waals surface area contributed by atoms with E-state index in [1.165, 1.54) is 0 Å². The monoisotopic (exact) mass is 289 g/mol. The number of hydrogen-bond donors (Lipinski definition) is 1. The lowest BCUT2D eigenvalue weighted by atomic mass is 10.3. The van der Waals surface area contributed by atoms with Gasteiger partial charge in [-0.15, -0.1) is 0 Å². The molecule has 1 heterocycles. The molecular formula is C17H23NO3. The minimum Gasteiger partial charge on any atom is -0.494 e. The summed E-state index contributed by atoms with van der Waals surface area (Å²) in [5.74, 6) is 3.36. The molecule has 0 aliphatic carbocycles. The minimum atomic E-state index is 0.420. The largest absolute Gasteiger partial charge is 0.494 e. The van der Waals surface area contributed by atoms with Crippen LogP contribution < -0.4 is 14.8 Å². The quantitative estimate of drug-likeness (QED) is 0.714. The van der Waals surface area contributed by atoms with Crippen LogP contribution in [-0.2, 0) is 13.2 Å². The average molecular weight is 289 g/mol. The van der Waals surface area contributed by atoms with E-state index in [4.69, 9.17) is 13.9 Å². The van der Waals surface area contributed by atoms with Gasteiger partial charge in [0.25, 0.3) is 0 Å². The molecule has 1 aromatic carbocycles. The Hall–Kier alpha value is -1.94. The Morgan fingerprint density at radius 3 is 2.52 bits per heavy atom. The molecule has 0 fully saturated rings. The van der Waals surface area contributed by atoms with E-state index in [0.29, 0.717) is 13.2 Å². The highest BCUT2D eigenvalue weighted by molar-refractivity contribution is 5.33. The Balaban J connectivity index is 1.83. The maximum atomic E-state index is 5.72. The molecule has 0 unspecified atom stereocenters. The zero-order valence-corrected chi connectivity index (χ0v) is 12.7. The SMILES string of the molecule is CCCNCc1ccc(COc2cccc(OCC)c2)o1. The molecule has 0 saturated heterocycles. The fourth-order valence-electron chi connectivity index (χ4n) is 1.96. The summed E-state index contributed by atoms with van der Waals surface area (Å²) in [6.07, 6.45) is 1.12. The van der Waals surface area contributed by atoms with Crippen LogP contribution in [0.25, 0.3) is 0 Å². The van der Waals surface area contributed by atoms with Crippen molar-refractivity contribution in [3.63, 3.8) is 0 Å². The summed E-state index contributed by atoms with van der Waals surface area (Å²) in [6.45, 7) is 6.93. The van der Waals surface area contributed by atoms with Crippen LogP contribution in [0.2, 0.25) is 0 Å². The first-order valence-electron chi connectivity index (χ1n) is 7.45. The molecule has 0 atom stereocenters. The van der Waals surface area contributed by atoms with Crippen LogP contribution in [0.4, 0.5) is 0 Å². The Labute approximate surface area is 126 Å². The standard InChI is InChI=1S/C17H23NO3/c1-3-10-18-12-16-8-9-17(21-16)13-20-15-7-5-6-14(11-15)19-4-2/h5-9,11,18H,3-4,10,12-13H2,1-2H3. The number of benzene rings is 1. The van der Waals surface area contributed by atoms with E-state index >= 15 is 0 Å². The summed E-state index contributed by atoms with van der Waals surface area (Å²) in [6, 6.07) is 11.6. The molecule has 1 aromatic heterocycles. The van der Waals surface area contributed by atoms with Crippen molar-refractivity contribution in [2.24, 2.45) is 0 Å². The second-order valence-electron chi connectivity index (χ2n) is 4.74. The Morgan fingerprint density at radius 1 is 1.00 bits per heavy atom. The summed E-state index contributed by atoms with van der Waals surface area (Å²) in [7, 11) is 0.